The van der Waals surface area contributed by atoms with Gasteiger partial charge in [0, 0.05) is 13.1 Å². The molecule has 1 N–H and O–H groups in total. The Bertz CT molecular complexity index is 771. The molecular formula is C18H20N2O3. The maximum atomic E-state index is 12.9. The second-order valence-corrected chi connectivity index (χ2v) is 6.10. The zero-order valence-corrected chi connectivity index (χ0v) is 13.7. The molecule has 1 heterocycles. The van der Waals surface area contributed by atoms with Crippen LogP contribution < -0.4 is 14.5 Å². The lowest BCUT2D eigenvalue weighted by molar-refractivity contribution is -0.122. The van der Waals surface area contributed by atoms with Crippen LogP contribution in [0.4, 0.5) is 17.1 Å². The first kappa shape index (κ1) is 15.2. The summed E-state index contributed by atoms with van der Waals surface area (Å²) in [6.45, 7) is 3.77. The first-order valence-electron chi connectivity index (χ1n) is 7.42. The van der Waals surface area contributed by atoms with Crippen molar-refractivity contribution in [2.24, 2.45) is 0 Å². The lowest BCUT2D eigenvalue weighted by atomic mass is 9.94. The summed E-state index contributed by atoms with van der Waals surface area (Å²) in [5.74, 6) is 0.633. The third-order valence-electron chi connectivity index (χ3n) is 4.28. The van der Waals surface area contributed by atoms with E-state index in [4.69, 9.17) is 4.74 Å². The van der Waals surface area contributed by atoms with Crippen molar-refractivity contribution in [2.75, 3.05) is 24.0 Å². The zero-order valence-electron chi connectivity index (χ0n) is 13.7. The van der Waals surface area contributed by atoms with Crippen LogP contribution in [0.15, 0.2) is 42.5 Å². The minimum Gasteiger partial charge on any atom is -0.508 e. The molecule has 2 aromatic carbocycles. The van der Waals surface area contributed by atoms with Crippen molar-refractivity contribution in [1.82, 2.24) is 0 Å². The molecule has 0 radical (unpaired) electrons. The molecule has 0 unspecified atom stereocenters. The van der Waals surface area contributed by atoms with Gasteiger partial charge in [0.25, 0.3) is 5.91 Å². The van der Waals surface area contributed by atoms with Crippen LogP contribution in [-0.2, 0) is 4.79 Å². The number of methoxy groups -OCH3 is 1. The minimum atomic E-state index is -0.784. The molecule has 0 saturated carbocycles. The maximum Gasteiger partial charge on any atom is 0.252 e. The van der Waals surface area contributed by atoms with Crippen LogP contribution in [-0.4, -0.2) is 30.7 Å². The van der Waals surface area contributed by atoms with Crippen molar-refractivity contribution in [3.05, 3.63) is 42.5 Å². The number of phenols is 1. The Balaban J connectivity index is 2.28. The Hall–Kier alpha value is -2.69. The highest BCUT2D eigenvalue weighted by atomic mass is 16.5. The van der Waals surface area contributed by atoms with E-state index < -0.39 is 5.54 Å². The molecule has 0 spiro atoms. The molecule has 0 saturated heterocycles. The first-order valence-corrected chi connectivity index (χ1v) is 7.42. The fourth-order valence-corrected chi connectivity index (χ4v) is 3.14. The van der Waals surface area contributed by atoms with Gasteiger partial charge in [-0.2, -0.15) is 0 Å². The number of nitrogens with zero attached hydrogens (tertiary/aromatic N) is 2. The molecule has 0 aliphatic carbocycles. The number of aromatic hydroxyl groups is 1. The van der Waals surface area contributed by atoms with E-state index in [0.29, 0.717) is 5.75 Å². The lowest BCUT2D eigenvalue weighted by Gasteiger charge is -2.47. The van der Waals surface area contributed by atoms with Gasteiger partial charge in [-0.3, -0.25) is 4.79 Å². The van der Waals surface area contributed by atoms with Gasteiger partial charge in [-0.05, 0) is 38.1 Å². The molecule has 0 fully saturated rings. The quantitative estimate of drug-likeness (QED) is 0.924. The highest BCUT2D eigenvalue weighted by Crippen LogP contribution is 2.47. The fourth-order valence-electron chi connectivity index (χ4n) is 3.14. The average Bonchev–Trinajstić information content (AvgIpc) is 2.54. The Kier molecular flexibility index (Phi) is 3.43. The summed E-state index contributed by atoms with van der Waals surface area (Å²) >= 11 is 0. The molecule has 120 valence electrons. The van der Waals surface area contributed by atoms with Gasteiger partial charge in [-0.1, -0.05) is 12.1 Å². The second kappa shape index (κ2) is 5.19. The van der Waals surface area contributed by atoms with E-state index in [1.807, 2.05) is 43.0 Å². The summed E-state index contributed by atoms with van der Waals surface area (Å²) in [4.78, 5) is 16.5. The fraction of sp³-hybridized carbons (Fsp3) is 0.278. The summed E-state index contributed by atoms with van der Waals surface area (Å²) < 4.78 is 5.42. The number of para-hydroxylation sites is 2. The highest BCUT2D eigenvalue weighted by Gasteiger charge is 2.44. The van der Waals surface area contributed by atoms with Gasteiger partial charge >= 0.3 is 0 Å². The van der Waals surface area contributed by atoms with E-state index in [-0.39, 0.29) is 11.7 Å². The Labute approximate surface area is 135 Å². The standard InChI is InChI=1S/C18H20N2O3/c1-18(2)17(22)19(3)13-7-5-6-8-14(13)20(18)15-10-9-12(21)11-16(15)23-4/h5-11,21H,1-4H3. The number of phenolic OH excluding ortho intramolecular Hbond substituents is 1. The Morgan fingerprint density at radius 3 is 2.35 bits per heavy atom. The van der Waals surface area contributed by atoms with E-state index in [9.17, 15) is 9.90 Å². The number of rotatable bonds is 2. The molecular weight excluding hydrogens is 292 g/mol. The molecule has 2 aromatic rings. The SMILES string of the molecule is COc1cc(O)ccc1N1c2ccccc2N(C)C(=O)C1(C)C. The number of benzene rings is 2. The van der Waals surface area contributed by atoms with E-state index >= 15 is 0 Å². The highest BCUT2D eigenvalue weighted by molar-refractivity contribution is 6.09. The summed E-state index contributed by atoms with van der Waals surface area (Å²) in [5.41, 5.74) is 1.72. The summed E-state index contributed by atoms with van der Waals surface area (Å²) in [7, 11) is 3.34. The Morgan fingerprint density at radius 1 is 1.04 bits per heavy atom. The van der Waals surface area contributed by atoms with Crippen molar-refractivity contribution in [2.45, 2.75) is 19.4 Å². The van der Waals surface area contributed by atoms with Gasteiger partial charge in [0.05, 0.1) is 24.2 Å². The summed E-state index contributed by atoms with van der Waals surface area (Å²) in [6, 6.07) is 12.7. The second-order valence-electron chi connectivity index (χ2n) is 6.10. The van der Waals surface area contributed by atoms with Crippen LogP contribution in [0.1, 0.15) is 13.8 Å². The number of anilines is 3. The molecule has 5 nitrogen and oxygen atoms in total. The predicted octanol–water partition coefficient (Wildman–Crippen LogP) is 3.29. The number of likely N-dealkylation sites (N-methyl/N-ethyl adjacent to an activating group) is 1. The summed E-state index contributed by atoms with van der Waals surface area (Å²) in [6.07, 6.45) is 0. The molecule has 23 heavy (non-hydrogen) atoms. The van der Waals surface area contributed by atoms with Crippen molar-refractivity contribution >= 4 is 23.0 Å². The third-order valence-corrected chi connectivity index (χ3v) is 4.28. The third kappa shape index (κ3) is 2.20. The van der Waals surface area contributed by atoms with Gasteiger partial charge in [0.15, 0.2) is 0 Å². The van der Waals surface area contributed by atoms with Crippen LogP contribution in [0.3, 0.4) is 0 Å². The van der Waals surface area contributed by atoms with Gasteiger partial charge in [0.2, 0.25) is 0 Å². The van der Waals surface area contributed by atoms with Crippen molar-refractivity contribution in [3.63, 3.8) is 0 Å². The number of ether oxygens (including phenoxy) is 1. The lowest BCUT2D eigenvalue weighted by Crippen LogP contribution is -2.57. The van der Waals surface area contributed by atoms with Crippen LogP contribution in [0.5, 0.6) is 11.5 Å². The summed E-state index contributed by atoms with van der Waals surface area (Å²) in [5, 5.41) is 9.71. The molecule has 5 heteroatoms. The van der Waals surface area contributed by atoms with Gasteiger partial charge < -0.3 is 19.6 Å². The number of hydrogen-bond acceptors (Lipinski definition) is 4. The smallest absolute Gasteiger partial charge is 0.252 e. The van der Waals surface area contributed by atoms with Crippen LogP contribution in [0, 0.1) is 0 Å². The van der Waals surface area contributed by atoms with E-state index in [1.54, 1.807) is 37.3 Å². The number of carbonyl (C=O) groups excluding carboxylic acids is 1. The van der Waals surface area contributed by atoms with Gasteiger partial charge in [-0.25, -0.2) is 0 Å². The monoisotopic (exact) mass is 312 g/mol. The van der Waals surface area contributed by atoms with E-state index in [0.717, 1.165) is 17.1 Å². The number of fused-ring (bicyclic) bond motifs is 1. The molecule has 1 aliphatic heterocycles. The number of amides is 1. The van der Waals surface area contributed by atoms with Crippen LogP contribution >= 0.6 is 0 Å². The largest absolute Gasteiger partial charge is 0.508 e. The number of carbonyl (C=O) groups is 1. The maximum absolute atomic E-state index is 12.9. The zero-order chi connectivity index (χ0) is 16.8. The van der Waals surface area contributed by atoms with Gasteiger partial charge in [-0.15, -0.1) is 0 Å². The van der Waals surface area contributed by atoms with E-state index in [1.165, 1.54) is 0 Å². The molecule has 0 bridgehead atoms. The average molecular weight is 312 g/mol. The van der Waals surface area contributed by atoms with Crippen molar-refractivity contribution in [3.8, 4) is 11.5 Å². The molecule has 3 rings (SSSR count). The molecule has 0 atom stereocenters. The molecule has 1 amide bonds. The predicted molar refractivity (Wildman–Crippen MR) is 90.7 cm³/mol. The Morgan fingerprint density at radius 2 is 1.70 bits per heavy atom. The van der Waals surface area contributed by atoms with Crippen LogP contribution in [0.2, 0.25) is 0 Å². The minimum absolute atomic E-state index is 0.00803. The molecule has 0 aromatic heterocycles. The van der Waals surface area contributed by atoms with Gasteiger partial charge in [0.1, 0.15) is 17.0 Å². The topological polar surface area (TPSA) is 53.0 Å². The van der Waals surface area contributed by atoms with Crippen molar-refractivity contribution < 1.29 is 14.6 Å². The van der Waals surface area contributed by atoms with Crippen molar-refractivity contribution in [1.29, 1.82) is 0 Å². The van der Waals surface area contributed by atoms with E-state index in [2.05, 4.69) is 0 Å². The normalized spacial score (nSPS) is 16.3. The number of hydrogen-bond donors (Lipinski definition) is 1. The first-order chi connectivity index (χ1) is 10.9. The van der Waals surface area contributed by atoms with Crippen LogP contribution in [0.25, 0.3) is 0 Å². The molecule has 1 aliphatic rings.